The number of hydrogen-bond donors (Lipinski definition) is 1. The van der Waals surface area contributed by atoms with Crippen molar-refractivity contribution >= 4 is 18.3 Å². The lowest BCUT2D eigenvalue weighted by atomic mass is 9.86. The molecule has 3 nitrogen and oxygen atoms in total. The van der Waals surface area contributed by atoms with Crippen LogP contribution in [-0.4, -0.2) is 36.5 Å². The highest BCUT2D eigenvalue weighted by Gasteiger charge is 2.21. The van der Waals surface area contributed by atoms with Crippen LogP contribution in [0, 0.1) is 5.92 Å². The minimum absolute atomic E-state index is 0. The standard InChI is InChI=1S/C14H26N2O.ClH/c1-12-11-16(10-9-15-12)14(17)8-7-13-5-3-2-4-6-13;/h12-13,15H,2-11H2,1H3;1H/t12-;/m0./s1. The number of carbonyl (C=O) groups excluding carboxylic acids is 1. The van der Waals surface area contributed by atoms with Gasteiger partial charge in [0.25, 0.3) is 0 Å². The maximum atomic E-state index is 12.1. The van der Waals surface area contributed by atoms with Gasteiger partial charge in [0.1, 0.15) is 0 Å². The van der Waals surface area contributed by atoms with E-state index in [4.69, 9.17) is 0 Å². The van der Waals surface area contributed by atoms with E-state index < -0.39 is 0 Å². The van der Waals surface area contributed by atoms with Crippen LogP contribution in [0.1, 0.15) is 51.9 Å². The summed E-state index contributed by atoms with van der Waals surface area (Å²) in [7, 11) is 0. The van der Waals surface area contributed by atoms with E-state index in [-0.39, 0.29) is 12.4 Å². The van der Waals surface area contributed by atoms with Crippen LogP contribution in [0.15, 0.2) is 0 Å². The van der Waals surface area contributed by atoms with Crippen molar-refractivity contribution < 1.29 is 4.79 Å². The summed E-state index contributed by atoms with van der Waals surface area (Å²) in [6.07, 6.45) is 8.76. The zero-order valence-corrected chi connectivity index (χ0v) is 12.3. The molecule has 1 N–H and O–H groups in total. The maximum absolute atomic E-state index is 12.1. The molecule has 2 rings (SSSR count). The minimum Gasteiger partial charge on any atom is -0.340 e. The lowest BCUT2D eigenvalue weighted by molar-refractivity contribution is -0.132. The molecule has 1 aliphatic heterocycles. The number of piperazine rings is 1. The third-order valence-electron chi connectivity index (χ3n) is 4.21. The number of halogens is 1. The largest absolute Gasteiger partial charge is 0.340 e. The molecular formula is C14H27ClN2O. The molecule has 0 aromatic heterocycles. The van der Waals surface area contributed by atoms with E-state index in [0.29, 0.717) is 11.9 Å². The molecule has 1 heterocycles. The second kappa shape index (κ2) is 8.00. The van der Waals surface area contributed by atoms with Crippen molar-refractivity contribution in [1.82, 2.24) is 10.2 Å². The Balaban J connectivity index is 0.00000162. The summed E-state index contributed by atoms with van der Waals surface area (Å²) in [5.74, 6) is 1.21. The highest BCUT2D eigenvalue weighted by atomic mass is 35.5. The van der Waals surface area contributed by atoms with Gasteiger partial charge in [-0.05, 0) is 19.3 Å². The summed E-state index contributed by atoms with van der Waals surface area (Å²) >= 11 is 0. The number of nitrogens with one attached hydrogen (secondary N) is 1. The molecule has 0 aromatic rings. The smallest absolute Gasteiger partial charge is 0.222 e. The van der Waals surface area contributed by atoms with Gasteiger partial charge in [0.05, 0.1) is 0 Å². The molecular weight excluding hydrogens is 248 g/mol. The quantitative estimate of drug-likeness (QED) is 0.858. The minimum atomic E-state index is 0. The second-order valence-corrected chi connectivity index (χ2v) is 5.74. The van der Waals surface area contributed by atoms with Gasteiger partial charge in [0.2, 0.25) is 5.91 Å². The Bertz CT molecular complexity index is 254. The van der Waals surface area contributed by atoms with Crippen molar-refractivity contribution in [3.05, 3.63) is 0 Å². The van der Waals surface area contributed by atoms with Gasteiger partial charge in [-0.15, -0.1) is 12.4 Å². The molecule has 0 bridgehead atoms. The number of amides is 1. The van der Waals surface area contributed by atoms with Crippen molar-refractivity contribution in [2.24, 2.45) is 5.92 Å². The fraction of sp³-hybridized carbons (Fsp3) is 0.929. The molecule has 1 saturated heterocycles. The van der Waals surface area contributed by atoms with Crippen LogP contribution >= 0.6 is 12.4 Å². The predicted molar refractivity (Wildman–Crippen MR) is 77.1 cm³/mol. The van der Waals surface area contributed by atoms with Crippen LogP contribution < -0.4 is 5.32 Å². The van der Waals surface area contributed by atoms with Crippen molar-refractivity contribution in [3.63, 3.8) is 0 Å². The van der Waals surface area contributed by atoms with Gasteiger partial charge >= 0.3 is 0 Å². The van der Waals surface area contributed by atoms with E-state index in [2.05, 4.69) is 12.2 Å². The van der Waals surface area contributed by atoms with Crippen molar-refractivity contribution in [2.45, 2.75) is 57.9 Å². The molecule has 0 aromatic carbocycles. The van der Waals surface area contributed by atoms with E-state index in [1.807, 2.05) is 4.90 Å². The zero-order valence-electron chi connectivity index (χ0n) is 11.5. The molecule has 0 radical (unpaired) electrons. The third kappa shape index (κ3) is 4.77. The Morgan fingerprint density at radius 1 is 1.28 bits per heavy atom. The second-order valence-electron chi connectivity index (χ2n) is 5.74. The first-order valence-corrected chi connectivity index (χ1v) is 7.27. The van der Waals surface area contributed by atoms with Gasteiger partial charge in [-0.25, -0.2) is 0 Å². The third-order valence-corrected chi connectivity index (χ3v) is 4.21. The van der Waals surface area contributed by atoms with E-state index in [1.54, 1.807) is 0 Å². The monoisotopic (exact) mass is 274 g/mol. The number of nitrogens with zero attached hydrogens (tertiary/aromatic N) is 1. The highest BCUT2D eigenvalue weighted by Crippen LogP contribution is 2.27. The van der Waals surface area contributed by atoms with Crippen LogP contribution in [0.3, 0.4) is 0 Å². The first-order chi connectivity index (χ1) is 8.25. The van der Waals surface area contributed by atoms with Crippen molar-refractivity contribution in [2.75, 3.05) is 19.6 Å². The summed E-state index contributed by atoms with van der Waals surface area (Å²) in [4.78, 5) is 14.1. The van der Waals surface area contributed by atoms with E-state index in [0.717, 1.165) is 38.4 Å². The average Bonchev–Trinajstić information content (AvgIpc) is 2.37. The fourth-order valence-electron chi connectivity index (χ4n) is 3.12. The molecule has 0 spiro atoms. The van der Waals surface area contributed by atoms with Crippen LogP contribution in [-0.2, 0) is 4.79 Å². The molecule has 1 atom stereocenters. The highest BCUT2D eigenvalue weighted by molar-refractivity contribution is 5.85. The van der Waals surface area contributed by atoms with Gasteiger partial charge in [-0.3, -0.25) is 4.79 Å². The Labute approximate surface area is 117 Å². The zero-order chi connectivity index (χ0) is 12.1. The molecule has 18 heavy (non-hydrogen) atoms. The lowest BCUT2D eigenvalue weighted by Gasteiger charge is -2.32. The van der Waals surface area contributed by atoms with E-state index >= 15 is 0 Å². The first kappa shape index (κ1) is 15.8. The van der Waals surface area contributed by atoms with Crippen molar-refractivity contribution in [1.29, 1.82) is 0 Å². The van der Waals surface area contributed by atoms with Gasteiger partial charge in [0, 0.05) is 32.1 Å². The first-order valence-electron chi connectivity index (χ1n) is 7.27. The maximum Gasteiger partial charge on any atom is 0.222 e. The Kier molecular flexibility index (Phi) is 7.02. The van der Waals surface area contributed by atoms with Crippen LogP contribution in [0.2, 0.25) is 0 Å². The summed E-state index contributed by atoms with van der Waals surface area (Å²) in [6, 6.07) is 0.461. The fourth-order valence-corrected chi connectivity index (χ4v) is 3.12. The summed E-state index contributed by atoms with van der Waals surface area (Å²) in [5, 5.41) is 3.38. The Morgan fingerprint density at radius 2 is 2.00 bits per heavy atom. The lowest BCUT2D eigenvalue weighted by Crippen LogP contribution is -2.51. The molecule has 2 aliphatic rings. The predicted octanol–water partition coefficient (Wildman–Crippen LogP) is 2.59. The molecule has 106 valence electrons. The Morgan fingerprint density at radius 3 is 2.67 bits per heavy atom. The summed E-state index contributed by atoms with van der Waals surface area (Å²) < 4.78 is 0. The molecule has 1 aliphatic carbocycles. The van der Waals surface area contributed by atoms with Gasteiger partial charge in [-0.2, -0.15) is 0 Å². The van der Waals surface area contributed by atoms with Crippen LogP contribution in [0.25, 0.3) is 0 Å². The SMILES string of the molecule is C[C@H]1CN(C(=O)CCC2CCCCC2)CCN1.Cl. The van der Waals surface area contributed by atoms with E-state index in [9.17, 15) is 4.79 Å². The molecule has 4 heteroatoms. The topological polar surface area (TPSA) is 32.3 Å². The molecule has 0 unspecified atom stereocenters. The normalized spacial score (nSPS) is 25.6. The number of hydrogen-bond acceptors (Lipinski definition) is 2. The number of carbonyl (C=O) groups is 1. The summed E-state index contributed by atoms with van der Waals surface area (Å²) in [5.41, 5.74) is 0. The average molecular weight is 275 g/mol. The van der Waals surface area contributed by atoms with Crippen LogP contribution in [0.5, 0.6) is 0 Å². The molecule has 2 fully saturated rings. The van der Waals surface area contributed by atoms with E-state index in [1.165, 1.54) is 32.1 Å². The molecule has 1 saturated carbocycles. The van der Waals surface area contributed by atoms with Gasteiger partial charge in [0.15, 0.2) is 0 Å². The molecule has 1 amide bonds. The Hall–Kier alpha value is -0.280. The van der Waals surface area contributed by atoms with Gasteiger partial charge in [-0.1, -0.05) is 32.1 Å². The van der Waals surface area contributed by atoms with Gasteiger partial charge < -0.3 is 10.2 Å². The van der Waals surface area contributed by atoms with Crippen molar-refractivity contribution in [3.8, 4) is 0 Å². The number of rotatable bonds is 3. The summed E-state index contributed by atoms with van der Waals surface area (Å²) in [6.45, 7) is 4.90. The van der Waals surface area contributed by atoms with Crippen LogP contribution in [0.4, 0.5) is 0 Å².